The fraction of sp³-hybridized carbons (Fsp3) is 1.00. The number of rotatable bonds is 1. The predicted molar refractivity (Wildman–Crippen MR) is 31.9 cm³/mol. The van der Waals surface area contributed by atoms with Crippen LogP contribution in [-0.2, 0) is 0 Å². The van der Waals surface area contributed by atoms with Crippen molar-refractivity contribution in [1.82, 2.24) is 0 Å². The molecule has 0 bridgehead atoms. The summed E-state index contributed by atoms with van der Waals surface area (Å²) in [6.07, 6.45) is 2.72. The maximum atomic E-state index is 2.03. The molecular weight excluding hydrogens is 86.0 g/mol. The van der Waals surface area contributed by atoms with Crippen molar-refractivity contribution < 1.29 is 0 Å². The van der Waals surface area contributed by atoms with Crippen molar-refractivity contribution in [3.05, 3.63) is 0 Å². The Labute approximate surface area is 31.8 Å². The molecule has 2 heteroatoms. The van der Waals surface area contributed by atoms with E-state index in [2.05, 4.69) is 0 Å². The molecule has 0 saturated heterocycles. The summed E-state index contributed by atoms with van der Waals surface area (Å²) in [6.45, 7) is 0. The van der Waals surface area contributed by atoms with E-state index in [1.807, 2.05) is 18.5 Å². The highest BCUT2D eigenvalue weighted by molar-refractivity contribution is 7.21. The van der Waals surface area contributed by atoms with Gasteiger partial charge < -0.3 is 0 Å². The zero-order valence-corrected chi connectivity index (χ0v) is 5.66. The van der Waals surface area contributed by atoms with Crippen molar-refractivity contribution in [3.8, 4) is 0 Å². The van der Waals surface area contributed by atoms with Crippen molar-refractivity contribution in [2.24, 2.45) is 0 Å². The van der Waals surface area contributed by atoms with E-state index in [9.17, 15) is 0 Å². The Morgan fingerprint density at radius 3 is 1.25 bits per heavy atom. The summed E-state index contributed by atoms with van der Waals surface area (Å²) in [6, 6.07) is 0. The van der Waals surface area contributed by atoms with Crippen LogP contribution < -0.4 is 0 Å². The van der Waals surface area contributed by atoms with Gasteiger partial charge in [0.2, 0.25) is 0 Å². The summed E-state index contributed by atoms with van der Waals surface area (Å²) in [4.78, 5) is 0. The van der Waals surface area contributed by atoms with E-state index >= 15 is 0 Å². The highest BCUT2D eigenvalue weighted by Crippen LogP contribution is 1.83. The van der Waals surface area contributed by atoms with Gasteiger partial charge in [0.15, 0.2) is 0 Å². The summed E-state index contributed by atoms with van der Waals surface area (Å²) in [7, 11) is 4.06. The molecule has 0 aliphatic heterocycles. The van der Waals surface area contributed by atoms with Crippen LogP contribution >= 0.6 is 18.5 Å². The molecule has 0 heterocycles. The van der Waals surface area contributed by atoms with Crippen LogP contribution in [0.1, 0.15) is 0 Å². The van der Waals surface area contributed by atoms with E-state index in [-0.39, 0.29) is 0 Å². The topological polar surface area (TPSA) is 0 Å². The van der Waals surface area contributed by atoms with Crippen LogP contribution in [0.25, 0.3) is 0 Å². The van der Waals surface area contributed by atoms with Crippen molar-refractivity contribution >= 4 is 18.5 Å². The lowest BCUT2D eigenvalue weighted by atomic mass is 11.0. The first-order chi connectivity index (χ1) is 1.91. The Morgan fingerprint density at radius 2 is 1.25 bits per heavy atom. The van der Waals surface area contributed by atoms with Gasteiger partial charge in [-0.3, -0.25) is 0 Å². The maximum Gasteiger partial charge on any atom is 0.0856 e. The van der Waals surface area contributed by atoms with Gasteiger partial charge in [0.05, 0.1) is 12.3 Å². The van der Waals surface area contributed by atoms with Crippen molar-refractivity contribution in [2.75, 3.05) is 12.3 Å². The molecule has 0 aromatic rings. The van der Waals surface area contributed by atoms with Crippen LogP contribution in [0.4, 0.5) is 0 Å². The third-order valence-corrected chi connectivity index (χ3v) is 2.25. The van der Waals surface area contributed by atoms with E-state index in [1.54, 1.807) is 0 Å². The van der Waals surface area contributed by atoms with Crippen LogP contribution in [0.5, 0.6) is 0 Å². The second kappa shape index (κ2) is 3.86. The van der Waals surface area contributed by atoms with Gasteiger partial charge in [-0.15, -0.1) is 0 Å². The molecule has 2 atom stereocenters. The third kappa shape index (κ3) is 2.86. The summed E-state index contributed by atoms with van der Waals surface area (Å²) in [5.74, 6) is 0. The Bertz CT molecular complexity index is 6.00. The average Bonchev–Trinajstić information content (AvgIpc) is 1.37. The molecule has 0 amide bonds. The molecule has 26 valence electrons. The minimum Gasteiger partial charge on any atom is -0.0226 e. The minimum atomic E-state index is 1.36. The summed E-state index contributed by atoms with van der Waals surface area (Å²) in [5, 5.41) is 0. The largest absolute Gasteiger partial charge is 0.0856 e. The van der Waals surface area contributed by atoms with E-state index in [0.717, 1.165) is 0 Å². The Balaban J connectivity index is 1.97. The van der Waals surface area contributed by atoms with Gasteiger partial charge in [0, 0.05) is 0 Å². The SMILES string of the molecule is [PH3+]CC[PH3+]. The molecule has 0 rings (SSSR count). The van der Waals surface area contributed by atoms with Gasteiger partial charge >= 0.3 is 0 Å². The predicted octanol–water partition coefficient (Wildman–Crippen LogP) is 0.201. The molecule has 2 unspecified atom stereocenters. The Kier molecular flexibility index (Phi) is 4.69. The second-order valence-corrected chi connectivity index (χ2v) is 2.12. The molecule has 0 N–H and O–H groups in total. The molecular formula is C2H10P2+2. The lowest BCUT2D eigenvalue weighted by Crippen LogP contribution is -1.61. The second-order valence-electron chi connectivity index (χ2n) is 0.707. The molecule has 0 spiro atoms. The van der Waals surface area contributed by atoms with Crippen molar-refractivity contribution in [1.29, 1.82) is 0 Å². The fourth-order valence-corrected chi connectivity index (χ4v) is 0. The molecule has 0 aliphatic carbocycles. The van der Waals surface area contributed by atoms with Gasteiger partial charge in [0.1, 0.15) is 0 Å². The van der Waals surface area contributed by atoms with E-state index in [4.69, 9.17) is 0 Å². The monoisotopic (exact) mass is 96.0 g/mol. The fourth-order valence-electron chi connectivity index (χ4n) is 0. The average molecular weight is 96.0 g/mol. The normalized spacial score (nSPS) is 9.00. The molecule has 0 aromatic carbocycles. The quantitative estimate of drug-likeness (QED) is 0.409. The first kappa shape index (κ1) is 4.86. The van der Waals surface area contributed by atoms with Crippen LogP contribution in [-0.4, -0.2) is 12.3 Å². The molecule has 0 nitrogen and oxygen atoms in total. The van der Waals surface area contributed by atoms with Crippen LogP contribution in [0.2, 0.25) is 0 Å². The highest BCUT2D eigenvalue weighted by atomic mass is 31.0. The Morgan fingerprint density at radius 1 is 1.00 bits per heavy atom. The molecule has 0 fully saturated rings. The Hall–Kier alpha value is 0.860. The third-order valence-electron chi connectivity index (χ3n) is 0.250. The van der Waals surface area contributed by atoms with E-state index < -0.39 is 0 Å². The minimum absolute atomic E-state index is 1.36. The smallest absolute Gasteiger partial charge is 0.0226 e. The van der Waals surface area contributed by atoms with E-state index in [0.29, 0.717) is 0 Å². The number of hydrogen-bond acceptors (Lipinski definition) is 0. The van der Waals surface area contributed by atoms with Gasteiger partial charge in [0.25, 0.3) is 0 Å². The summed E-state index contributed by atoms with van der Waals surface area (Å²) in [5.41, 5.74) is 0. The van der Waals surface area contributed by atoms with Crippen molar-refractivity contribution in [2.45, 2.75) is 0 Å². The van der Waals surface area contributed by atoms with Crippen LogP contribution in [0.15, 0.2) is 0 Å². The lowest BCUT2D eigenvalue weighted by Gasteiger charge is -1.56. The summed E-state index contributed by atoms with van der Waals surface area (Å²) >= 11 is 0. The van der Waals surface area contributed by atoms with Crippen molar-refractivity contribution in [3.63, 3.8) is 0 Å². The van der Waals surface area contributed by atoms with E-state index in [1.165, 1.54) is 12.3 Å². The van der Waals surface area contributed by atoms with Gasteiger partial charge in [-0.25, -0.2) is 0 Å². The maximum absolute atomic E-state index is 2.03. The molecule has 0 aromatic heterocycles. The van der Waals surface area contributed by atoms with Crippen LogP contribution in [0, 0.1) is 0 Å². The van der Waals surface area contributed by atoms with Gasteiger partial charge in [-0.05, 0) is 18.5 Å². The lowest BCUT2D eigenvalue weighted by molar-refractivity contribution is 1.57. The standard InChI is InChI=1S/C2H8P2/c3-1-2-4/h1-4H2/p+2. The molecule has 0 radical (unpaired) electrons. The van der Waals surface area contributed by atoms with Gasteiger partial charge in [-0.2, -0.15) is 0 Å². The van der Waals surface area contributed by atoms with Crippen LogP contribution in [0.3, 0.4) is 0 Å². The molecule has 0 aliphatic rings. The van der Waals surface area contributed by atoms with Gasteiger partial charge in [-0.1, -0.05) is 0 Å². The highest BCUT2D eigenvalue weighted by Gasteiger charge is 1.68. The zero-order valence-electron chi connectivity index (χ0n) is 2.83. The molecule has 0 saturated carbocycles. The number of hydrogen-bond donors (Lipinski definition) is 0. The summed E-state index contributed by atoms with van der Waals surface area (Å²) < 4.78 is 0. The first-order valence-corrected chi connectivity index (χ1v) is 3.50. The zero-order chi connectivity index (χ0) is 3.41. The first-order valence-electron chi connectivity index (χ1n) is 1.50. The molecule has 4 heavy (non-hydrogen) atoms.